The van der Waals surface area contributed by atoms with E-state index in [1.54, 1.807) is 109 Å². The van der Waals surface area contributed by atoms with Gasteiger partial charge in [0, 0.05) is 129 Å². The van der Waals surface area contributed by atoms with Crippen molar-refractivity contribution < 1.29 is 38.0 Å². The fraction of sp³-hybridized carbons (Fsp3) is 0.314. The summed E-state index contributed by atoms with van der Waals surface area (Å²) in [5.41, 5.74) is -0.0174. The molecule has 0 N–H and O–H groups in total. The fourth-order valence-electron chi connectivity index (χ4n) is 12.9. The van der Waals surface area contributed by atoms with E-state index in [2.05, 4.69) is 0 Å². The van der Waals surface area contributed by atoms with Crippen LogP contribution in [-0.2, 0) is 19.6 Å². The second-order valence-corrected chi connectivity index (χ2v) is 27.1. The van der Waals surface area contributed by atoms with Gasteiger partial charge in [-0.1, -0.05) is 71.2 Å². The molecule has 13 rings (SSSR count). The SMILES string of the molecule is CN(C)CCCn1c(=O)c([N+](=O)[O-])c(N2CCN(C(=O)c3ccco3)CC2)c2cc(Cl)ccc21.CN(C)CCn1c(=O)c([N+](=O)[O-])c(N2CCN(C(=O)c3ccco3)CC2)c2cc(Cl)ccc21.O=C(c1cccs1)N1CCN(c2c([N+](=O)[O-])c(=O)n(Cc3ccccc3)c3ccc(Cl)cc23)CC1. The third-order valence-electron chi connectivity index (χ3n) is 17.9. The van der Waals surface area contributed by atoms with Crippen molar-refractivity contribution in [1.29, 1.82) is 0 Å². The number of anilines is 3. The number of rotatable bonds is 18. The van der Waals surface area contributed by atoms with Gasteiger partial charge in [-0.05, 0) is 137 Å². The monoisotopic (exact) mass is 1470 g/mol. The van der Waals surface area contributed by atoms with Gasteiger partial charge in [-0.2, -0.15) is 0 Å². The van der Waals surface area contributed by atoms with E-state index in [1.807, 2.05) is 84.7 Å². The van der Waals surface area contributed by atoms with Crippen LogP contribution in [0.25, 0.3) is 32.7 Å². The number of thiophene rings is 1. The number of pyridine rings is 3. The summed E-state index contributed by atoms with van der Waals surface area (Å²) < 4.78 is 14.7. The van der Waals surface area contributed by atoms with Gasteiger partial charge in [0.15, 0.2) is 11.5 Å². The third-order valence-corrected chi connectivity index (χ3v) is 19.4. The number of aromatic nitrogens is 3. The van der Waals surface area contributed by atoms with Crippen LogP contribution in [0.2, 0.25) is 15.1 Å². The number of nitrogens with zero attached hydrogens (tertiary/aromatic N) is 14. The summed E-state index contributed by atoms with van der Waals surface area (Å²) in [6.07, 6.45) is 3.54. The van der Waals surface area contributed by atoms with Crippen LogP contribution in [0.4, 0.5) is 34.1 Å². The molecule has 0 bridgehead atoms. The van der Waals surface area contributed by atoms with Gasteiger partial charge in [0.25, 0.3) is 17.7 Å². The van der Waals surface area contributed by atoms with E-state index in [4.69, 9.17) is 43.6 Å². The van der Waals surface area contributed by atoms with E-state index >= 15 is 0 Å². The summed E-state index contributed by atoms with van der Waals surface area (Å²) in [6.45, 7) is 6.31. The molecule has 28 nitrogen and oxygen atoms in total. The Morgan fingerprint density at radius 3 is 1.21 bits per heavy atom. The Labute approximate surface area is 601 Å². The first-order chi connectivity index (χ1) is 49.0. The highest BCUT2D eigenvalue weighted by atomic mass is 35.5. The number of piperazine rings is 3. The van der Waals surface area contributed by atoms with Gasteiger partial charge in [0.2, 0.25) is 0 Å². The molecule has 102 heavy (non-hydrogen) atoms. The molecule has 532 valence electrons. The highest BCUT2D eigenvalue weighted by Gasteiger charge is 2.37. The molecular weight excluding hydrogens is 1400 g/mol. The highest BCUT2D eigenvalue weighted by Crippen LogP contribution is 2.40. The smallest absolute Gasteiger partial charge is 0.357 e. The molecule has 3 amide bonds. The van der Waals surface area contributed by atoms with Crippen LogP contribution in [0.5, 0.6) is 0 Å². The highest BCUT2D eigenvalue weighted by molar-refractivity contribution is 7.12. The average molecular weight is 1470 g/mol. The molecule has 0 spiro atoms. The maximum absolute atomic E-state index is 13.5. The molecule has 3 fully saturated rings. The number of amides is 3. The Morgan fingerprint density at radius 2 is 0.843 bits per heavy atom. The molecule has 10 aromatic rings. The number of halogens is 3. The van der Waals surface area contributed by atoms with Crippen LogP contribution in [0.3, 0.4) is 0 Å². The van der Waals surface area contributed by atoms with Gasteiger partial charge >= 0.3 is 33.7 Å². The second kappa shape index (κ2) is 32.1. The van der Waals surface area contributed by atoms with Crippen LogP contribution in [-0.4, -0.2) is 191 Å². The zero-order chi connectivity index (χ0) is 72.6. The number of benzene rings is 4. The van der Waals surface area contributed by atoms with Gasteiger partial charge in [-0.25, -0.2) is 0 Å². The molecule has 4 aromatic carbocycles. The Kier molecular flexibility index (Phi) is 22.9. The van der Waals surface area contributed by atoms with Crippen molar-refractivity contribution in [2.24, 2.45) is 0 Å². The van der Waals surface area contributed by atoms with Crippen molar-refractivity contribution in [3.05, 3.63) is 238 Å². The van der Waals surface area contributed by atoms with Crippen LogP contribution in [0, 0.1) is 30.3 Å². The van der Waals surface area contributed by atoms with Gasteiger partial charge in [0.1, 0.15) is 17.1 Å². The molecule has 3 aliphatic heterocycles. The van der Waals surface area contributed by atoms with Crippen molar-refractivity contribution >= 4 is 131 Å². The zero-order valence-electron chi connectivity index (χ0n) is 56.0. The largest absolute Gasteiger partial charge is 0.459 e. The van der Waals surface area contributed by atoms with Gasteiger partial charge in [-0.15, -0.1) is 11.3 Å². The average Bonchev–Trinajstić information content (AvgIpc) is 0.835. The summed E-state index contributed by atoms with van der Waals surface area (Å²) >= 11 is 20.2. The molecule has 0 saturated carbocycles. The molecule has 9 heterocycles. The predicted molar refractivity (Wildman–Crippen MR) is 393 cm³/mol. The quantitative estimate of drug-likeness (QED) is 0.0569. The fourth-order valence-corrected chi connectivity index (χ4v) is 14.1. The molecular formula is C70H71Cl3N14O14S. The van der Waals surface area contributed by atoms with Crippen LogP contribution in [0.15, 0.2) is 162 Å². The van der Waals surface area contributed by atoms with Crippen molar-refractivity contribution in [2.45, 2.75) is 26.1 Å². The molecule has 32 heteroatoms. The number of carbonyl (C=O) groups is 3. The lowest BCUT2D eigenvalue weighted by Gasteiger charge is -2.36. The Hall–Kier alpha value is -10.4. The topological polar surface area (TPSA) is 299 Å². The lowest BCUT2D eigenvalue weighted by Crippen LogP contribution is -2.49. The molecule has 0 unspecified atom stereocenters. The minimum atomic E-state index is -0.666. The lowest BCUT2D eigenvalue weighted by atomic mass is 10.1. The first-order valence-electron chi connectivity index (χ1n) is 32.6. The number of carbonyl (C=O) groups excluding carboxylic acids is 3. The van der Waals surface area contributed by atoms with Crippen LogP contribution in [0.1, 0.15) is 42.8 Å². The molecule has 0 radical (unpaired) electrons. The van der Waals surface area contributed by atoms with E-state index in [0.717, 1.165) is 12.1 Å². The van der Waals surface area contributed by atoms with E-state index in [0.29, 0.717) is 157 Å². The van der Waals surface area contributed by atoms with Crippen LogP contribution >= 0.6 is 46.1 Å². The van der Waals surface area contributed by atoms with Gasteiger partial charge in [-0.3, -0.25) is 63.7 Å². The summed E-state index contributed by atoms with van der Waals surface area (Å²) in [5, 5.41) is 41.2. The number of hydrogen-bond acceptors (Lipinski definition) is 20. The Balaban J connectivity index is 0.000000154. The summed E-state index contributed by atoms with van der Waals surface area (Å²) in [7, 11) is 7.61. The number of likely N-dealkylation sites (N-methyl/N-ethyl adjacent to an activating group) is 1. The third kappa shape index (κ3) is 15.8. The van der Waals surface area contributed by atoms with Gasteiger partial charge < -0.3 is 57.2 Å². The van der Waals surface area contributed by atoms with E-state index in [-0.39, 0.29) is 52.8 Å². The maximum Gasteiger partial charge on any atom is 0.357 e. The maximum atomic E-state index is 13.5. The van der Waals surface area contributed by atoms with Crippen molar-refractivity contribution in [1.82, 2.24) is 38.2 Å². The summed E-state index contributed by atoms with van der Waals surface area (Å²) in [4.78, 5) is 128. The summed E-state index contributed by atoms with van der Waals surface area (Å²) in [5.74, 6) is -0.0306. The molecule has 0 aliphatic carbocycles. The standard InChI is InChI=1S/C25H21ClN4O4S.C23H26ClN5O5.C22H24ClN5O5/c26-18-8-9-20-19(15-18)22(27-10-12-28(13-11-27)24(31)21-7-4-14-35-21)23(30(33)34)25(32)29(20)16-17-5-2-1-3-6-17;1-25(2)8-4-9-28-18-7-6-16(24)15-17(18)20(21(23(28)31)29(32)33)26-10-12-27(13-11-26)22(30)19-5-3-14-34-19;1-24(2)7-12-27-17-6-5-15(23)14-16(17)19(20(22(27)30)28(31)32)25-8-10-26(11-9-25)21(29)18-4-3-13-33-18/h1-9,14-15H,10-13,16H2;3,5-7,14-15H,4,8-13H2,1-2H3;3-6,13-14H,7-12H2,1-2H3. The normalized spacial score (nSPS) is 14.1. The Morgan fingerprint density at radius 1 is 0.461 bits per heavy atom. The first-order valence-corrected chi connectivity index (χ1v) is 34.6. The van der Waals surface area contributed by atoms with Crippen molar-refractivity contribution in [3.8, 4) is 0 Å². The molecule has 3 saturated heterocycles. The van der Waals surface area contributed by atoms with E-state index < -0.39 is 48.5 Å². The first kappa shape index (κ1) is 72.8. The predicted octanol–water partition coefficient (Wildman–Crippen LogP) is 10.4. The minimum absolute atomic E-state index is 0.0552. The van der Waals surface area contributed by atoms with Crippen molar-refractivity contribution in [2.75, 3.05) is 135 Å². The number of fused-ring (bicyclic) bond motifs is 3. The number of nitro groups is 3. The second-order valence-electron chi connectivity index (χ2n) is 24.9. The number of hydrogen-bond donors (Lipinski definition) is 0. The minimum Gasteiger partial charge on any atom is -0.459 e. The lowest BCUT2D eigenvalue weighted by molar-refractivity contribution is -0.385. The van der Waals surface area contributed by atoms with Gasteiger partial charge in [0.05, 0.1) is 55.3 Å². The van der Waals surface area contributed by atoms with E-state index in [1.165, 1.54) is 37.6 Å². The van der Waals surface area contributed by atoms with E-state index in [9.17, 15) is 59.1 Å². The zero-order valence-corrected chi connectivity index (χ0v) is 59.1. The summed E-state index contributed by atoms with van der Waals surface area (Å²) in [6, 6.07) is 34.7. The van der Waals surface area contributed by atoms with Crippen molar-refractivity contribution in [3.63, 3.8) is 0 Å². The Bertz CT molecular complexity index is 4950. The molecule has 0 atom stereocenters. The molecule has 3 aliphatic rings. The molecule has 6 aromatic heterocycles. The number of aryl methyl sites for hydroxylation is 1. The number of furan rings is 2. The van der Waals surface area contributed by atoms with Crippen LogP contribution < -0.4 is 31.4 Å².